The van der Waals surface area contributed by atoms with Crippen LogP contribution in [0.15, 0.2) is 34.8 Å². The molecule has 0 radical (unpaired) electrons. The van der Waals surface area contributed by atoms with Crippen molar-refractivity contribution in [2.75, 3.05) is 27.2 Å². The molecule has 0 spiro atoms. The molecule has 1 unspecified atom stereocenters. The van der Waals surface area contributed by atoms with E-state index in [0.29, 0.717) is 6.10 Å². The molecular weight excluding hydrogens is 308 g/mol. The van der Waals surface area contributed by atoms with Crippen molar-refractivity contribution in [1.82, 2.24) is 4.90 Å². The smallest absolute Gasteiger partial charge is 0.180 e. The molecule has 1 aromatic carbocycles. The van der Waals surface area contributed by atoms with Crippen molar-refractivity contribution in [3.05, 3.63) is 41.0 Å². The number of hydrogen-bond donors (Lipinski definition) is 0. The van der Waals surface area contributed by atoms with E-state index in [4.69, 9.17) is 4.74 Å². The maximum absolute atomic E-state index is 5.11. The van der Waals surface area contributed by atoms with Gasteiger partial charge >= 0.3 is 0 Å². The summed E-state index contributed by atoms with van der Waals surface area (Å²) in [5.74, 6) is 0.826. The summed E-state index contributed by atoms with van der Waals surface area (Å²) in [6.07, 6.45) is 3.87. The van der Waals surface area contributed by atoms with Gasteiger partial charge in [0.2, 0.25) is 0 Å². The van der Waals surface area contributed by atoms with Crippen molar-refractivity contribution in [2.45, 2.75) is 60.0 Å². The second-order valence-electron chi connectivity index (χ2n) is 6.61. The molecule has 25 heavy (non-hydrogen) atoms. The van der Waals surface area contributed by atoms with Crippen LogP contribution in [0.2, 0.25) is 0 Å². The van der Waals surface area contributed by atoms with Crippen LogP contribution in [0.5, 0.6) is 0 Å². The molecule has 3 rings (SSSR count). The Hall–Kier alpha value is -1.61. The first kappa shape index (κ1) is 21.4. The summed E-state index contributed by atoms with van der Waals surface area (Å²) < 4.78 is 5.11. The van der Waals surface area contributed by atoms with Gasteiger partial charge in [-0.15, -0.1) is 0 Å². The molecule has 1 aliphatic carbocycles. The van der Waals surface area contributed by atoms with Gasteiger partial charge in [-0.05, 0) is 57.0 Å². The Bertz CT molecular complexity index is 587. The molecule has 0 saturated heterocycles. The molecule has 1 atom stereocenters. The standard InChI is InChI=1S/C15H21N.C5H9NO.C2H6/c1-4-14-13(9-10-16(2)3)11-12-7-5-6-8-15(12)14;1-4-3-6-5(2)7-4;1-2/h5-8H,4,9-11H2,1-3H3;4H,3H2,1-2H3;1-2H3. The highest BCUT2D eigenvalue weighted by molar-refractivity contribution is 5.76. The van der Waals surface area contributed by atoms with Crippen LogP contribution < -0.4 is 0 Å². The lowest BCUT2D eigenvalue weighted by molar-refractivity contribution is 0.244. The van der Waals surface area contributed by atoms with Gasteiger partial charge in [0.15, 0.2) is 5.90 Å². The monoisotopic (exact) mass is 344 g/mol. The van der Waals surface area contributed by atoms with Crippen LogP contribution in [0.3, 0.4) is 0 Å². The largest absolute Gasteiger partial charge is 0.476 e. The molecule has 0 N–H and O–H groups in total. The van der Waals surface area contributed by atoms with Gasteiger partial charge in [-0.1, -0.05) is 50.6 Å². The predicted octanol–water partition coefficient (Wildman–Crippen LogP) is 5.21. The molecule has 140 valence electrons. The Kier molecular flexibility index (Phi) is 9.51. The molecule has 0 amide bonds. The lowest BCUT2D eigenvalue weighted by Crippen LogP contribution is -2.13. The van der Waals surface area contributed by atoms with Crippen LogP contribution >= 0.6 is 0 Å². The van der Waals surface area contributed by atoms with E-state index in [-0.39, 0.29) is 0 Å². The summed E-state index contributed by atoms with van der Waals surface area (Å²) in [5, 5.41) is 0. The summed E-state index contributed by atoms with van der Waals surface area (Å²) in [6.45, 7) is 12.2. The molecule has 3 heteroatoms. The van der Waals surface area contributed by atoms with Crippen LogP contribution in [0.1, 0.15) is 58.6 Å². The second-order valence-corrected chi connectivity index (χ2v) is 6.61. The van der Waals surface area contributed by atoms with E-state index in [9.17, 15) is 0 Å². The average Bonchev–Trinajstić information content (AvgIpc) is 3.17. The summed E-state index contributed by atoms with van der Waals surface area (Å²) in [5.41, 5.74) is 6.27. The number of aliphatic imine (C=N–C) groups is 1. The van der Waals surface area contributed by atoms with Gasteiger partial charge in [0.25, 0.3) is 0 Å². The maximum atomic E-state index is 5.11. The number of rotatable bonds is 4. The molecule has 0 fully saturated rings. The SMILES string of the molecule is CC.CC1=NCC(C)O1.CCC1=C(CCN(C)C)Cc2ccccc21. The number of hydrogen-bond acceptors (Lipinski definition) is 3. The zero-order valence-corrected chi connectivity index (χ0v) is 17.2. The van der Waals surface area contributed by atoms with Crippen molar-refractivity contribution >= 4 is 11.5 Å². The van der Waals surface area contributed by atoms with Crippen molar-refractivity contribution in [3.8, 4) is 0 Å². The van der Waals surface area contributed by atoms with E-state index in [1.165, 1.54) is 30.4 Å². The highest BCUT2D eigenvalue weighted by Crippen LogP contribution is 2.36. The van der Waals surface area contributed by atoms with E-state index >= 15 is 0 Å². The summed E-state index contributed by atoms with van der Waals surface area (Å²) in [7, 11) is 4.29. The minimum Gasteiger partial charge on any atom is -0.476 e. The molecule has 2 aliphatic rings. The molecular formula is C22H36N2O. The Morgan fingerprint density at radius 3 is 2.36 bits per heavy atom. The Morgan fingerprint density at radius 1 is 1.20 bits per heavy atom. The van der Waals surface area contributed by atoms with Gasteiger partial charge in [0.1, 0.15) is 6.10 Å². The van der Waals surface area contributed by atoms with Gasteiger partial charge in [-0.25, -0.2) is 0 Å². The number of benzene rings is 1. The van der Waals surface area contributed by atoms with Crippen LogP contribution in [0.25, 0.3) is 5.57 Å². The zero-order valence-electron chi connectivity index (χ0n) is 17.2. The fourth-order valence-electron chi connectivity index (χ4n) is 3.16. The molecule has 1 aromatic rings. The van der Waals surface area contributed by atoms with Gasteiger partial charge in [0.05, 0.1) is 6.54 Å². The molecule has 1 aliphatic heterocycles. The summed E-state index contributed by atoms with van der Waals surface area (Å²) in [6, 6.07) is 8.86. The summed E-state index contributed by atoms with van der Waals surface area (Å²) >= 11 is 0. The maximum Gasteiger partial charge on any atom is 0.180 e. The van der Waals surface area contributed by atoms with Crippen LogP contribution in [0.4, 0.5) is 0 Å². The Labute approximate surface area is 154 Å². The third-order valence-electron chi connectivity index (χ3n) is 4.33. The number of nitrogens with zero attached hydrogens (tertiary/aromatic N) is 2. The zero-order chi connectivity index (χ0) is 18.8. The van der Waals surface area contributed by atoms with E-state index < -0.39 is 0 Å². The van der Waals surface area contributed by atoms with E-state index in [1.54, 1.807) is 11.1 Å². The Morgan fingerprint density at radius 2 is 1.88 bits per heavy atom. The lowest BCUT2D eigenvalue weighted by Gasteiger charge is -2.11. The van der Waals surface area contributed by atoms with Crippen molar-refractivity contribution in [1.29, 1.82) is 0 Å². The first-order valence-electron chi connectivity index (χ1n) is 9.62. The van der Waals surface area contributed by atoms with Gasteiger partial charge in [-0.2, -0.15) is 0 Å². The third-order valence-corrected chi connectivity index (χ3v) is 4.33. The van der Waals surface area contributed by atoms with E-state index in [2.05, 4.69) is 55.2 Å². The van der Waals surface area contributed by atoms with Gasteiger partial charge in [-0.3, -0.25) is 4.99 Å². The van der Waals surface area contributed by atoms with Crippen molar-refractivity contribution in [2.24, 2.45) is 4.99 Å². The first-order chi connectivity index (χ1) is 12.0. The first-order valence-corrected chi connectivity index (χ1v) is 9.62. The predicted molar refractivity (Wildman–Crippen MR) is 110 cm³/mol. The van der Waals surface area contributed by atoms with Crippen LogP contribution in [0, 0.1) is 0 Å². The number of allylic oxidation sites excluding steroid dienone is 1. The van der Waals surface area contributed by atoms with Crippen molar-refractivity contribution in [3.63, 3.8) is 0 Å². The molecule has 0 saturated carbocycles. The third kappa shape index (κ3) is 6.66. The minimum absolute atomic E-state index is 0.319. The molecule has 0 bridgehead atoms. The number of ether oxygens (including phenoxy) is 1. The fourth-order valence-corrected chi connectivity index (χ4v) is 3.16. The fraction of sp³-hybridized carbons (Fsp3) is 0.591. The average molecular weight is 345 g/mol. The van der Waals surface area contributed by atoms with Gasteiger partial charge < -0.3 is 9.64 Å². The normalized spacial score (nSPS) is 17.9. The second kappa shape index (κ2) is 11.1. The topological polar surface area (TPSA) is 24.8 Å². The Balaban J connectivity index is 0.000000290. The highest BCUT2D eigenvalue weighted by Gasteiger charge is 2.19. The molecule has 1 heterocycles. The molecule has 3 nitrogen and oxygen atoms in total. The number of fused-ring (bicyclic) bond motifs is 1. The van der Waals surface area contributed by atoms with E-state index in [0.717, 1.165) is 19.0 Å². The highest BCUT2D eigenvalue weighted by atomic mass is 16.5. The lowest BCUT2D eigenvalue weighted by atomic mass is 10.0. The minimum atomic E-state index is 0.319. The van der Waals surface area contributed by atoms with Gasteiger partial charge in [0, 0.05) is 13.5 Å². The molecule has 0 aromatic heterocycles. The van der Waals surface area contributed by atoms with Crippen LogP contribution in [-0.4, -0.2) is 44.1 Å². The summed E-state index contributed by atoms with van der Waals surface area (Å²) in [4.78, 5) is 6.28. The quantitative estimate of drug-likeness (QED) is 0.749. The van der Waals surface area contributed by atoms with Crippen LogP contribution in [-0.2, 0) is 11.2 Å². The van der Waals surface area contributed by atoms with Crippen molar-refractivity contribution < 1.29 is 4.74 Å². The van der Waals surface area contributed by atoms with E-state index in [1.807, 2.05) is 27.7 Å².